The van der Waals surface area contributed by atoms with Crippen molar-refractivity contribution >= 4 is 45.6 Å². The van der Waals surface area contributed by atoms with Crippen molar-refractivity contribution in [3.8, 4) is 0 Å². The lowest BCUT2D eigenvalue weighted by Gasteiger charge is -2.07. The van der Waals surface area contributed by atoms with E-state index in [1.165, 1.54) is 0 Å². The van der Waals surface area contributed by atoms with Crippen molar-refractivity contribution in [2.24, 2.45) is 0 Å². The van der Waals surface area contributed by atoms with Crippen LogP contribution in [0.5, 0.6) is 0 Å². The van der Waals surface area contributed by atoms with Gasteiger partial charge in [-0.1, -0.05) is 11.6 Å². The van der Waals surface area contributed by atoms with Crippen molar-refractivity contribution in [1.82, 2.24) is 15.3 Å². The van der Waals surface area contributed by atoms with Crippen LogP contribution in [0.1, 0.15) is 12.0 Å². The first kappa shape index (κ1) is 18.4. The molecule has 22 heavy (non-hydrogen) atoms. The molecule has 1 aromatic heterocycles. The van der Waals surface area contributed by atoms with Gasteiger partial charge in [0.05, 0.1) is 17.6 Å². The first-order valence-electron chi connectivity index (χ1n) is 6.34. The quantitative estimate of drug-likeness (QED) is 0.433. The topological polar surface area (TPSA) is 115 Å². The second-order valence-electron chi connectivity index (χ2n) is 4.57. The molecule has 0 fully saturated rings. The van der Waals surface area contributed by atoms with E-state index in [2.05, 4.69) is 15.3 Å². The Balaban J connectivity index is 0.00000242. The molecule has 0 bridgehead atoms. The molecule has 0 unspecified atom stereocenters. The van der Waals surface area contributed by atoms with Crippen LogP contribution >= 0.6 is 28.6 Å². The molecule has 9 heteroatoms. The van der Waals surface area contributed by atoms with Crippen LogP contribution in [-0.4, -0.2) is 34.1 Å². The molecule has 1 aromatic carbocycles. The lowest BCUT2D eigenvalue weighted by Crippen LogP contribution is -2.29. The lowest BCUT2D eigenvalue weighted by atomic mass is 10.1. The summed E-state index contributed by atoms with van der Waals surface area (Å²) in [6.07, 6.45) is 1.26. The molecular formula is C13H15BrClN3O4. The Morgan fingerprint density at radius 3 is 2.59 bits per heavy atom. The van der Waals surface area contributed by atoms with Gasteiger partial charge in [0.1, 0.15) is 0 Å². The normalized spacial score (nSPS) is 10.4. The van der Waals surface area contributed by atoms with Crippen LogP contribution in [0.25, 0.3) is 11.0 Å². The molecule has 0 aliphatic carbocycles. The number of aromatic nitrogens is 2. The average molecular weight is 393 g/mol. The summed E-state index contributed by atoms with van der Waals surface area (Å²) in [4.78, 5) is 38.1. The number of carboxylic acids is 1. The maximum atomic E-state index is 11.4. The maximum Gasteiger partial charge on any atom is 0.317 e. The molecule has 1 heterocycles. The van der Waals surface area contributed by atoms with Crippen LogP contribution < -0.4 is 16.4 Å². The molecule has 0 radical (unpaired) electrons. The number of aryl methyl sites for hydroxylation is 1. The van der Waals surface area contributed by atoms with Gasteiger partial charge >= 0.3 is 17.1 Å². The van der Waals surface area contributed by atoms with Gasteiger partial charge < -0.3 is 20.4 Å². The zero-order valence-corrected chi connectivity index (χ0v) is 13.9. The van der Waals surface area contributed by atoms with Gasteiger partial charge in [0.2, 0.25) is 0 Å². The van der Waals surface area contributed by atoms with E-state index in [9.17, 15) is 14.4 Å². The largest absolute Gasteiger partial charge is 0.480 e. The molecule has 2 aromatic rings. The summed E-state index contributed by atoms with van der Waals surface area (Å²) in [6, 6.07) is 3.29. The second kappa shape index (κ2) is 8.11. The summed E-state index contributed by atoms with van der Waals surface area (Å²) in [7, 11) is 0. The Bertz CT molecular complexity index is 787. The second-order valence-corrected chi connectivity index (χ2v) is 5.01. The molecule has 0 aliphatic rings. The average Bonchev–Trinajstić information content (AvgIpc) is 2.40. The van der Waals surface area contributed by atoms with E-state index in [1.807, 2.05) is 0 Å². The number of fused-ring (bicyclic) bond motifs is 1. The number of benzene rings is 1. The highest BCUT2D eigenvalue weighted by molar-refractivity contribution is 8.93. The van der Waals surface area contributed by atoms with Crippen molar-refractivity contribution in [3.63, 3.8) is 0 Å². The Hall–Kier alpha value is -1.64. The molecule has 0 aliphatic heterocycles. The Labute approximate surface area is 140 Å². The molecule has 4 N–H and O–H groups in total. The minimum atomic E-state index is -0.912. The number of hydrogen-bond acceptors (Lipinski definition) is 4. The van der Waals surface area contributed by atoms with Crippen LogP contribution in [0, 0.1) is 0 Å². The molecule has 0 saturated carbocycles. The highest BCUT2D eigenvalue weighted by atomic mass is 79.9. The summed E-state index contributed by atoms with van der Waals surface area (Å²) >= 11 is 5.99. The molecule has 7 nitrogen and oxygen atoms in total. The predicted octanol–water partition coefficient (Wildman–Crippen LogP) is 1.05. The summed E-state index contributed by atoms with van der Waals surface area (Å²) in [5.41, 5.74) is 0.375. The van der Waals surface area contributed by atoms with Crippen LogP contribution in [0.3, 0.4) is 0 Å². The fourth-order valence-electron chi connectivity index (χ4n) is 2.06. The predicted molar refractivity (Wildman–Crippen MR) is 89.3 cm³/mol. The standard InChI is InChI=1S/C13H14ClN3O4.BrH/c14-8-4-7(2-1-3-15-6-10(18)19)11-9(5-8)16-12(20)13(21)17-11;/h4-5,15H,1-3,6H2,(H,16,20)(H,17,21)(H,18,19);1H. The minimum Gasteiger partial charge on any atom is -0.480 e. The summed E-state index contributed by atoms with van der Waals surface area (Å²) in [6.45, 7) is 0.425. The number of carboxylic acid groups (broad SMARTS) is 1. The smallest absolute Gasteiger partial charge is 0.317 e. The van der Waals surface area contributed by atoms with Crippen LogP contribution in [0.15, 0.2) is 21.7 Å². The van der Waals surface area contributed by atoms with Crippen molar-refractivity contribution in [2.45, 2.75) is 12.8 Å². The number of nitrogens with one attached hydrogen (secondary N) is 3. The van der Waals surface area contributed by atoms with E-state index in [1.54, 1.807) is 12.1 Å². The summed E-state index contributed by atoms with van der Waals surface area (Å²) < 4.78 is 0. The van der Waals surface area contributed by atoms with E-state index in [4.69, 9.17) is 16.7 Å². The fourth-order valence-corrected chi connectivity index (χ4v) is 2.30. The van der Waals surface area contributed by atoms with E-state index in [0.717, 1.165) is 5.56 Å². The Morgan fingerprint density at radius 1 is 1.23 bits per heavy atom. The number of halogens is 2. The number of aromatic amines is 2. The number of hydrogen-bond donors (Lipinski definition) is 4. The molecule has 120 valence electrons. The van der Waals surface area contributed by atoms with E-state index in [0.29, 0.717) is 35.4 Å². The third-order valence-corrected chi connectivity index (χ3v) is 3.17. The lowest BCUT2D eigenvalue weighted by molar-refractivity contribution is -0.135. The van der Waals surface area contributed by atoms with Gasteiger partial charge in [0.15, 0.2) is 0 Å². The first-order chi connectivity index (χ1) is 9.97. The SMILES string of the molecule is Br.O=C(O)CNCCCc1cc(Cl)cc2[nH]c(=O)c(=O)[nH]c12. The van der Waals surface area contributed by atoms with Gasteiger partial charge in [-0.3, -0.25) is 14.4 Å². The van der Waals surface area contributed by atoms with Crippen LogP contribution in [-0.2, 0) is 11.2 Å². The molecule has 0 saturated heterocycles. The highest BCUT2D eigenvalue weighted by Crippen LogP contribution is 2.20. The van der Waals surface area contributed by atoms with E-state index < -0.39 is 17.1 Å². The van der Waals surface area contributed by atoms with Crippen LogP contribution in [0.2, 0.25) is 5.02 Å². The van der Waals surface area contributed by atoms with Crippen LogP contribution in [0.4, 0.5) is 0 Å². The number of carbonyl (C=O) groups is 1. The van der Waals surface area contributed by atoms with Gasteiger partial charge in [0, 0.05) is 5.02 Å². The van der Waals surface area contributed by atoms with Gasteiger partial charge in [-0.15, -0.1) is 17.0 Å². The molecular weight excluding hydrogens is 378 g/mol. The number of rotatable bonds is 6. The number of H-pyrrole nitrogens is 2. The Morgan fingerprint density at radius 2 is 1.91 bits per heavy atom. The zero-order chi connectivity index (χ0) is 15.4. The summed E-state index contributed by atoms with van der Waals surface area (Å²) in [5, 5.41) is 11.7. The molecule has 0 amide bonds. The molecule has 0 atom stereocenters. The first-order valence-corrected chi connectivity index (χ1v) is 6.72. The maximum absolute atomic E-state index is 11.4. The van der Waals surface area contributed by atoms with Gasteiger partial charge in [-0.05, 0) is 37.1 Å². The van der Waals surface area contributed by atoms with Crippen molar-refractivity contribution in [2.75, 3.05) is 13.1 Å². The highest BCUT2D eigenvalue weighted by Gasteiger charge is 2.07. The van der Waals surface area contributed by atoms with E-state index >= 15 is 0 Å². The van der Waals surface area contributed by atoms with Crippen molar-refractivity contribution in [3.05, 3.63) is 43.4 Å². The molecule has 0 spiro atoms. The monoisotopic (exact) mass is 391 g/mol. The zero-order valence-electron chi connectivity index (χ0n) is 11.4. The van der Waals surface area contributed by atoms with Crippen molar-refractivity contribution in [1.29, 1.82) is 0 Å². The number of aliphatic carboxylic acids is 1. The molecule has 2 rings (SSSR count). The van der Waals surface area contributed by atoms with Gasteiger partial charge in [0.25, 0.3) is 0 Å². The van der Waals surface area contributed by atoms with Gasteiger partial charge in [-0.25, -0.2) is 0 Å². The van der Waals surface area contributed by atoms with Gasteiger partial charge in [-0.2, -0.15) is 0 Å². The fraction of sp³-hybridized carbons (Fsp3) is 0.308. The summed E-state index contributed by atoms with van der Waals surface area (Å²) in [5.74, 6) is -0.912. The minimum absolute atomic E-state index is 0. The third kappa shape index (κ3) is 4.69. The van der Waals surface area contributed by atoms with Crippen molar-refractivity contribution < 1.29 is 9.90 Å². The third-order valence-electron chi connectivity index (χ3n) is 2.95. The Kier molecular flexibility index (Phi) is 6.79. The van der Waals surface area contributed by atoms with E-state index in [-0.39, 0.29) is 23.5 Å².